The van der Waals surface area contributed by atoms with Crippen molar-refractivity contribution in [2.45, 2.75) is 44.9 Å². The van der Waals surface area contributed by atoms with Crippen LogP contribution in [0.4, 0.5) is 5.95 Å². The Bertz CT molecular complexity index is 548. The van der Waals surface area contributed by atoms with Gasteiger partial charge < -0.3 is 10.7 Å². The Balaban J connectivity index is 1.84. The smallest absolute Gasteiger partial charge is 0.198 e. The zero-order chi connectivity index (χ0) is 13.2. The molecule has 0 spiro atoms. The minimum atomic E-state index is 0.490. The first-order valence-electron chi connectivity index (χ1n) is 7.16. The fourth-order valence-corrected chi connectivity index (χ4v) is 3.11. The maximum atomic E-state index is 5.70. The lowest BCUT2D eigenvalue weighted by Crippen LogP contribution is -2.04. The lowest BCUT2D eigenvalue weighted by molar-refractivity contribution is 0.443. The van der Waals surface area contributed by atoms with E-state index in [1.54, 1.807) is 0 Å². The van der Waals surface area contributed by atoms with E-state index in [9.17, 15) is 0 Å². The summed E-state index contributed by atoms with van der Waals surface area (Å²) in [6.07, 6.45) is 6.84. The van der Waals surface area contributed by atoms with E-state index < -0.39 is 0 Å². The zero-order valence-corrected chi connectivity index (χ0v) is 11.4. The van der Waals surface area contributed by atoms with Crippen molar-refractivity contribution in [2.24, 2.45) is 0 Å². The summed E-state index contributed by atoms with van der Waals surface area (Å²) in [5.41, 5.74) is 10.3. The molecule has 3 nitrogen and oxygen atoms in total. The third-order valence-electron chi connectivity index (χ3n) is 4.16. The number of hydrogen-bond donors (Lipinski definition) is 2. The molecule has 1 saturated carbocycles. The van der Waals surface area contributed by atoms with Crippen molar-refractivity contribution in [3.8, 4) is 11.3 Å². The molecule has 0 bridgehead atoms. The van der Waals surface area contributed by atoms with Crippen LogP contribution < -0.4 is 5.73 Å². The first kappa shape index (κ1) is 12.3. The van der Waals surface area contributed by atoms with Crippen LogP contribution in [0.25, 0.3) is 11.3 Å². The molecule has 3 heteroatoms. The Kier molecular flexibility index (Phi) is 3.28. The molecule has 1 fully saturated rings. The number of rotatable bonds is 2. The number of nitrogen functional groups attached to an aromatic ring is 1. The summed E-state index contributed by atoms with van der Waals surface area (Å²) in [5.74, 6) is 1.25. The van der Waals surface area contributed by atoms with Gasteiger partial charge in [0, 0.05) is 11.3 Å². The van der Waals surface area contributed by atoms with Gasteiger partial charge >= 0.3 is 0 Å². The second-order valence-corrected chi connectivity index (χ2v) is 5.55. The van der Waals surface area contributed by atoms with Gasteiger partial charge in [0.2, 0.25) is 0 Å². The summed E-state index contributed by atoms with van der Waals surface area (Å²) in [6, 6.07) is 8.87. The molecule has 1 aromatic carbocycles. The maximum Gasteiger partial charge on any atom is 0.198 e. The van der Waals surface area contributed by atoms with E-state index in [4.69, 9.17) is 5.73 Å². The number of hydrogen-bond acceptors (Lipinski definition) is 2. The summed E-state index contributed by atoms with van der Waals surface area (Å²) < 4.78 is 0. The molecule has 0 unspecified atom stereocenters. The van der Waals surface area contributed by atoms with E-state index in [0.717, 1.165) is 22.9 Å². The Hall–Kier alpha value is -1.77. The molecule has 1 aliphatic rings. The van der Waals surface area contributed by atoms with Crippen LogP contribution in [0.1, 0.15) is 49.3 Å². The average molecular weight is 255 g/mol. The molecular weight excluding hydrogens is 234 g/mol. The predicted octanol–water partition coefficient (Wildman–Crippen LogP) is 4.02. The van der Waals surface area contributed by atoms with E-state index in [-0.39, 0.29) is 0 Å². The molecule has 3 rings (SSSR count). The topological polar surface area (TPSA) is 54.7 Å². The number of imidazole rings is 1. The van der Waals surface area contributed by atoms with Crippen molar-refractivity contribution in [2.75, 3.05) is 5.73 Å². The molecule has 0 radical (unpaired) electrons. The van der Waals surface area contributed by atoms with Crippen molar-refractivity contribution in [3.63, 3.8) is 0 Å². The van der Waals surface area contributed by atoms with Gasteiger partial charge in [-0.2, -0.15) is 0 Å². The molecule has 1 aromatic heterocycles. The van der Waals surface area contributed by atoms with E-state index in [1.807, 2.05) is 6.92 Å². The number of anilines is 1. The van der Waals surface area contributed by atoms with E-state index in [0.29, 0.717) is 5.95 Å². The largest absolute Gasteiger partial charge is 0.369 e. The Morgan fingerprint density at radius 1 is 1.11 bits per heavy atom. The average Bonchev–Trinajstić information content (AvgIpc) is 2.79. The third-order valence-corrected chi connectivity index (χ3v) is 4.16. The van der Waals surface area contributed by atoms with Gasteiger partial charge in [-0.15, -0.1) is 0 Å². The van der Waals surface area contributed by atoms with Crippen molar-refractivity contribution in [1.29, 1.82) is 0 Å². The zero-order valence-electron chi connectivity index (χ0n) is 11.4. The molecule has 2 aromatic rings. The van der Waals surface area contributed by atoms with Gasteiger partial charge in [0.1, 0.15) is 0 Å². The number of H-pyrrole nitrogens is 1. The van der Waals surface area contributed by atoms with Crippen LogP contribution in [0.5, 0.6) is 0 Å². The van der Waals surface area contributed by atoms with Crippen LogP contribution in [-0.2, 0) is 0 Å². The number of nitrogens with two attached hydrogens (primary N) is 1. The molecule has 0 atom stereocenters. The number of benzene rings is 1. The molecule has 1 aliphatic carbocycles. The molecule has 19 heavy (non-hydrogen) atoms. The molecular formula is C16H21N3. The van der Waals surface area contributed by atoms with Gasteiger partial charge in [-0.3, -0.25) is 0 Å². The van der Waals surface area contributed by atoms with E-state index in [1.165, 1.54) is 37.7 Å². The highest BCUT2D eigenvalue weighted by Gasteiger charge is 2.15. The van der Waals surface area contributed by atoms with Crippen molar-refractivity contribution >= 4 is 5.95 Å². The molecule has 0 aliphatic heterocycles. The lowest BCUT2D eigenvalue weighted by atomic mass is 9.84. The quantitative estimate of drug-likeness (QED) is 0.851. The summed E-state index contributed by atoms with van der Waals surface area (Å²) in [5, 5.41) is 0. The Morgan fingerprint density at radius 3 is 2.37 bits per heavy atom. The number of nitrogens with zero attached hydrogens (tertiary/aromatic N) is 1. The second kappa shape index (κ2) is 5.08. The second-order valence-electron chi connectivity index (χ2n) is 5.55. The highest BCUT2D eigenvalue weighted by molar-refractivity contribution is 5.63. The van der Waals surface area contributed by atoms with Gasteiger partial charge in [-0.1, -0.05) is 43.5 Å². The molecule has 3 N–H and O–H groups in total. The van der Waals surface area contributed by atoms with Crippen LogP contribution in [0, 0.1) is 6.92 Å². The summed E-state index contributed by atoms with van der Waals surface area (Å²) in [4.78, 5) is 7.40. The monoisotopic (exact) mass is 255 g/mol. The minimum Gasteiger partial charge on any atom is -0.369 e. The first-order chi connectivity index (χ1) is 9.24. The van der Waals surface area contributed by atoms with Crippen LogP contribution in [0.3, 0.4) is 0 Å². The van der Waals surface area contributed by atoms with Gasteiger partial charge in [0.25, 0.3) is 0 Å². The van der Waals surface area contributed by atoms with Crippen molar-refractivity contribution < 1.29 is 0 Å². The first-order valence-corrected chi connectivity index (χ1v) is 7.16. The standard InChI is InChI=1S/C16H21N3/c1-11-15(19-16(17)18-11)14-9-7-13(8-10-14)12-5-3-2-4-6-12/h7-10,12H,2-6H2,1H3,(H3,17,18,19). The SMILES string of the molecule is Cc1[nH]c(N)nc1-c1ccc(C2CCCCC2)cc1. The van der Waals surface area contributed by atoms with Crippen LogP contribution in [0.15, 0.2) is 24.3 Å². The Morgan fingerprint density at radius 2 is 1.79 bits per heavy atom. The van der Waals surface area contributed by atoms with Gasteiger partial charge in [0.05, 0.1) is 5.69 Å². The Labute approximate surface area is 114 Å². The minimum absolute atomic E-state index is 0.490. The van der Waals surface area contributed by atoms with Gasteiger partial charge in [-0.25, -0.2) is 4.98 Å². The van der Waals surface area contributed by atoms with Gasteiger partial charge in [-0.05, 0) is 31.2 Å². The fourth-order valence-electron chi connectivity index (χ4n) is 3.11. The predicted molar refractivity (Wildman–Crippen MR) is 79.0 cm³/mol. The molecule has 100 valence electrons. The van der Waals surface area contributed by atoms with E-state index >= 15 is 0 Å². The number of aromatic amines is 1. The number of aryl methyl sites for hydroxylation is 1. The normalized spacial score (nSPS) is 16.7. The lowest BCUT2D eigenvalue weighted by Gasteiger charge is -2.22. The molecule has 0 saturated heterocycles. The number of nitrogens with one attached hydrogen (secondary N) is 1. The third kappa shape index (κ3) is 2.50. The molecule has 1 heterocycles. The number of aromatic nitrogens is 2. The van der Waals surface area contributed by atoms with Crippen LogP contribution in [-0.4, -0.2) is 9.97 Å². The van der Waals surface area contributed by atoms with Crippen molar-refractivity contribution in [3.05, 3.63) is 35.5 Å². The van der Waals surface area contributed by atoms with Crippen LogP contribution >= 0.6 is 0 Å². The highest BCUT2D eigenvalue weighted by Crippen LogP contribution is 2.33. The fraction of sp³-hybridized carbons (Fsp3) is 0.438. The van der Waals surface area contributed by atoms with E-state index in [2.05, 4.69) is 34.2 Å². The molecule has 0 amide bonds. The van der Waals surface area contributed by atoms with Crippen molar-refractivity contribution in [1.82, 2.24) is 9.97 Å². The summed E-state index contributed by atoms with van der Waals surface area (Å²) in [6.45, 7) is 2.01. The summed E-state index contributed by atoms with van der Waals surface area (Å²) in [7, 11) is 0. The maximum absolute atomic E-state index is 5.70. The van der Waals surface area contributed by atoms with Gasteiger partial charge in [0.15, 0.2) is 5.95 Å². The van der Waals surface area contributed by atoms with Crippen LogP contribution in [0.2, 0.25) is 0 Å². The summed E-state index contributed by atoms with van der Waals surface area (Å²) >= 11 is 0. The highest BCUT2D eigenvalue weighted by atomic mass is 15.0.